The molecule has 0 bridgehead atoms. The fourth-order valence-corrected chi connectivity index (χ4v) is 4.39. The van der Waals surface area contributed by atoms with E-state index in [4.69, 9.17) is 0 Å². The van der Waals surface area contributed by atoms with Gasteiger partial charge in [0.25, 0.3) is 5.91 Å². The number of piperidine rings is 1. The number of hydrogen-bond acceptors (Lipinski definition) is 6. The van der Waals surface area contributed by atoms with Crippen molar-refractivity contribution in [2.45, 2.75) is 44.6 Å². The van der Waals surface area contributed by atoms with Gasteiger partial charge in [-0.1, -0.05) is 0 Å². The second-order valence-corrected chi connectivity index (χ2v) is 8.09. The number of aromatic nitrogens is 2. The van der Waals surface area contributed by atoms with Gasteiger partial charge in [0.15, 0.2) is 0 Å². The number of nitrogens with one attached hydrogen (secondary N) is 2. The van der Waals surface area contributed by atoms with Crippen LogP contribution < -0.4 is 15.5 Å². The molecule has 3 aliphatic heterocycles. The molecule has 3 saturated heterocycles. The van der Waals surface area contributed by atoms with Crippen LogP contribution in [0.3, 0.4) is 0 Å². The third-order valence-electron chi connectivity index (χ3n) is 6.00. The summed E-state index contributed by atoms with van der Waals surface area (Å²) in [5, 5.41) is 6.29. The van der Waals surface area contributed by atoms with Gasteiger partial charge in [0.1, 0.15) is 5.69 Å². The summed E-state index contributed by atoms with van der Waals surface area (Å²) in [7, 11) is 0. The molecule has 3 aliphatic rings. The molecule has 2 N–H and O–H groups in total. The molecular weight excluding hydrogens is 427 g/mol. The van der Waals surface area contributed by atoms with Crippen molar-refractivity contribution in [3.8, 4) is 0 Å². The normalized spacial score (nSPS) is 23.5. The lowest BCUT2D eigenvalue weighted by Gasteiger charge is -2.33. The molecule has 0 aromatic carbocycles. The van der Waals surface area contributed by atoms with E-state index >= 15 is 0 Å². The molecule has 8 nitrogen and oxygen atoms in total. The van der Waals surface area contributed by atoms with Crippen molar-refractivity contribution in [2.24, 2.45) is 5.92 Å². The number of rotatable bonds is 5. The Morgan fingerprint density at radius 1 is 1.10 bits per heavy atom. The summed E-state index contributed by atoms with van der Waals surface area (Å²) in [6, 6.07) is 1.66. The number of hydrogen-bond donors (Lipinski definition) is 2. The molecule has 2 amide bonds. The zero-order valence-electron chi connectivity index (χ0n) is 17.2. The summed E-state index contributed by atoms with van der Waals surface area (Å²) in [4.78, 5) is 38.1. The Balaban J connectivity index is 0.00000160. The fourth-order valence-electron chi connectivity index (χ4n) is 4.39. The van der Waals surface area contributed by atoms with Crippen molar-refractivity contribution in [3.63, 3.8) is 0 Å². The lowest BCUT2D eigenvalue weighted by Crippen LogP contribution is -2.46. The summed E-state index contributed by atoms with van der Waals surface area (Å²) >= 11 is 0. The summed E-state index contributed by atoms with van der Waals surface area (Å²) in [5.74, 6) is 1.01. The molecule has 4 rings (SSSR count). The number of carbonyl (C=O) groups excluding carboxylic acids is 2. The number of likely N-dealkylation sites (tertiary alicyclic amines) is 1. The maximum atomic E-state index is 13.0. The second-order valence-electron chi connectivity index (χ2n) is 8.09. The van der Waals surface area contributed by atoms with Gasteiger partial charge in [-0.3, -0.25) is 9.59 Å². The molecule has 3 fully saturated rings. The van der Waals surface area contributed by atoms with E-state index in [0.29, 0.717) is 30.6 Å². The molecule has 10 heteroatoms. The summed E-state index contributed by atoms with van der Waals surface area (Å²) in [5.41, 5.74) is 0.469. The Kier molecular flexibility index (Phi) is 9.58. The quantitative estimate of drug-likeness (QED) is 0.696. The van der Waals surface area contributed by atoms with Gasteiger partial charge in [0.2, 0.25) is 11.9 Å². The van der Waals surface area contributed by atoms with Gasteiger partial charge in [-0.2, -0.15) is 0 Å². The van der Waals surface area contributed by atoms with Crippen LogP contribution in [0, 0.1) is 5.92 Å². The Bertz CT molecular complexity index is 710. The van der Waals surface area contributed by atoms with Gasteiger partial charge < -0.3 is 20.4 Å². The van der Waals surface area contributed by atoms with Crippen molar-refractivity contribution in [3.05, 3.63) is 18.0 Å². The molecule has 0 saturated carbocycles. The number of halogens is 2. The number of carbonyl (C=O) groups is 2. The van der Waals surface area contributed by atoms with Crippen molar-refractivity contribution in [1.29, 1.82) is 0 Å². The maximum Gasteiger partial charge on any atom is 0.272 e. The highest BCUT2D eigenvalue weighted by Crippen LogP contribution is 2.20. The van der Waals surface area contributed by atoms with E-state index in [1.165, 1.54) is 0 Å². The number of anilines is 1. The van der Waals surface area contributed by atoms with Gasteiger partial charge in [-0.05, 0) is 57.1 Å². The molecule has 30 heavy (non-hydrogen) atoms. The molecule has 168 valence electrons. The smallest absolute Gasteiger partial charge is 0.272 e. The minimum absolute atomic E-state index is 0. The Hall–Kier alpha value is -1.64. The summed E-state index contributed by atoms with van der Waals surface area (Å²) in [6.07, 6.45) is 7.94. The molecule has 2 atom stereocenters. The lowest BCUT2D eigenvalue weighted by atomic mass is 9.97. The van der Waals surface area contributed by atoms with Crippen LogP contribution in [0.4, 0.5) is 5.95 Å². The average Bonchev–Trinajstić information content (AvgIpc) is 3.46. The van der Waals surface area contributed by atoms with Crippen LogP contribution in [0.5, 0.6) is 0 Å². The van der Waals surface area contributed by atoms with E-state index in [-0.39, 0.29) is 42.7 Å². The fraction of sp³-hybridized carbons (Fsp3) is 0.700. The molecule has 1 aromatic heterocycles. The van der Waals surface area contributed by atoms with Crippen molar-refractivity contribution in [1.82, 2.24) is 25.5 Å². The van der Waals surface area contributed by atoms with Crippen LogP contribution in [-0.4, -0.2) is 72.0 Å². The first kappa shape index (κ1) is 24.6. The molecule has 1 aromatic rings. The van der Waals surface area contributed by atoms with E-state index in [1.54, 1.807) is 12.3 Å². The van der Waals surface area contributed by atoms with Crippen LogP contribution in [0.25, 0.3) is 0 Å². The number of amides is 2. The second kappa shape index (κ2) is 11.7. The summed E-state index contributed by atoms with van der Waals surface area (Å²) < 4.78 is 0. The van der Waals surface area contributed by atoms with Gasteiger partial charge in [-0.15, -0.1) is 24.8 Å². The third kappa shape index (κ3) is 5.95. The first-order valence-electron chi connectivity index (χ1n) is 10.6. The third-order valence-corrected chi connectivity index (χ3v) is 6.00. The van der Waals surface area contributed by atoms with Crippen LogP contribution >= 0.6 is 24.8 Å². The van der Waals surface area contributed by atoms with Crippen molar-refractivity contribution in [2.75, 3.05) is 44.2 Å². The van der Waals surface area contributed by atoms with Crippen LogP contribution in [0.2, 0.25) is 0 Å². The maximum absolute atomic E-state index is 13.0. The monoisotopic (exact) mass is 458 g/mol. The Labute approximate surface area is 190 Å². The van der Waals surface area contributed by atoms with Gasteiger partial charge in [0.05, 0.1) is 6.04 Å². The summed E-state index contributed by atoms with van der Waals surface area (Å²) in [6.45, 7) is 4.88. The minimum Gasteiger partial charge on any atom is -0.354 e. The van der Waals surface area contributed by atoms with E-state index < -0.39 is 0 Å². The zero-order chi connectivity index (χ0) is 19.3. The van der Waals surface area contributed by atoms with Crippen molar-refractivity contribution >= 4 is 42.6 Å². The van der Waals surface area contributed by atoms with Crippen LogP contribution in [0.15, 0.2) is 12.3 Å². The van der Waals surface area contributed by atoms with Gasteiger partial charge in [0, 0.05) is 38.9 Å². The van der Waals surface area contributed by atoms with E-state index in [2.05, 4.69) is 25.5 Å². The zero-order valence-corrected chi connectivity index (χ0v) is 18.8. The first-order valence-corrected chi connectivity index (χ1v) is 10.6. The highest BCUT2D eigenvalue weighted by atomic mass is 35.5. The predicted molar refractivity (Wildman–Crippen MR) is 121 cm³/mol. The van der Waals surface area contributed by atoms with Crippen LogP contribution in [-0.2, 0) is 4.79 Å². The largest absolute Gasteiger partial charge is 0.354 e. The molecule has 0 aliphatic carbocycles. The highest BCUT2D eigenvalue weighted by molar-refractivity contribution is 5.92. The highest BCUT2D eigenvalue weighted by Gasteiger charge is 2.28. The van der Waals surface area contributed by atoms with Gasteiger partial charge in [-0.25, -0.2) is 9.97 Å². The molecule has 0 radical (unpaired) electrons. The molecule has 4 heterocycles. The van der Waals surface area contributed by atoms with E-state index in [1.807, 2.05) is 4.90 Å². The lowest BCUT2D eigenvalue weighted by molar-refractivity contribution is -0.123. The topological polar surface area (TPSA) is 90.5 Å². The van der Waals surface area contributed by atoms with Crippen LogP contribution in [0.1, 0.15) is 49.0 Å². The van der Waals surface area contributed by atoms with E-state index in [0.717, 1.165) is 64.7 Å². The SMILES string of the molecule is Cl.Cl.O=C(NCC1CCCN(C(=O)c2ccnc(N3CCCC3)n2)C1)C1CCCN1. The first-order chi connectivity index (χ1) is 13.7. The average molecular weight is 459 g/mol. The Morgan fingerprint density at radius 3 is 2.63 bits per heavy atom. The van der Waals surface area contributed by atoms with Gasteiger partial charge >= 0.3 is 0 Å². The minimum atomic E-state index is -0.0497. The molecule has 2 unspecified atom stereocenters. The molecule has 0 spiro atoms. The van der Waals surface area contributed by atoms with Crippen molar-refractivity contribution < 1.29 is 9.59 Å². The standard InChI is InChI=1S/C20H30N6O2.2ClH/c27-18(16-6-3-8-21-16)23-13-15-5-4-12-26(14-15)19(28)17-7-9-22-20(24-17)25-10-1-2-11-25;;/h7,9,15-16,21H,1-6,8,10-14H2,(H,23,27);2*1H. The Morgan fingerprint density at radius 2 is 1.90 bits per heavy atom. The molecular formula is C20H32Cl2N6O2. The number of nitrogens with zero attached hydrogens (tertiary/aromatic N) is 4. The predicted octanol–water partition coefficient (Wildman–Crippen LogP) is 1.64. The van der Waals surface area contributed by atoms with E-state index in [9.17, 15) is 9.59 Å².